The van der Waals surface area contributed by atoms with Crippen LogP contribution < -0.4 is 5.73 Å². The van der Waals surface area contributed by atoms with Gasteiger partial charge >= 0.3 is 11.7 Å². The maximum Gasteiger partial charge on any atom is 0.446 e. The van der Waals surface area contributed by atoms with Crippen molar-refractivity contribution in [2.24, 2.45) is 0 Å². The minimum atomic E-state index is -4.81. The van der Waals surface area contributed by atoms with E-state index in [1.54, 1.807) is 0 Å². The van der Waals surface area contributed by atoms with E-state index in [-0.39, 0.29) is 0 Å². The Morgan fingerprint density at radius 2 is 1.59 bits per heavy atom. The van der Waals surface area contributed by atoms with Gasteiger partial charge in [-0.05, 0) is 23.9 Å². The average Bonchev–Trinajstić information content (AvgIpc) is 2.06. The molecule has 1 aromatic rings. The third-order valence-electron chi connectivity index (χ3n) is 1.66. The molecule has 0 heterocycles. The second kappa shape index (κ2) is 4.60. The smallest absolute Gasteiger partial charge is 0.397 e. The zero-order valence-electron chi connectivity index (χ0n) is 7.79. The van der Waals surface area contributed by atoms with Gasteiger partial charge in [0.05, 0.1) is 11.3 Å². The number of hydrogen-bond acceptors (Lipinski definition) is 2. The Kier molecular flexibility index (Phi) is 3.92. The molecule has 1 rings (SSSR count). The fraction of sp³-hybridized carbons (Fsp3) is 0.250. The van der Waals surface area contributed by atoms with E-state index in [0.29, 0.717) is 0 Å². The number of nitrogens with two attached hydrogens (primary N) is 1. The molecule has 0 amide bonds. The number of benzene rings is 1. The third-order valence-corrected chi connectivity index (χ3v) is 3.13. The first-order valence-electron chi connectivity index (χ1n) is 3.93. The molecule has 0 aliphatic heterocycles. The van der Waals surface area contributed by atoms with Gasteiger partial charge in [-0.15, -0.1) is 0 Å². The zero-order valence-corrected chi connectivity index (χ0v) is 10.2. The predicted molar refractivity (Wildman–Crippen MR) is 55.5 cm³/mol. The van der Waals surface area contributed by atoms with Gasteiger partial charge in [-0.2, -0.15) is 26.3 Å². The molecular formula is C8H4BrF6NS. The zero-order chi connectivity index (χ0) is 13.4. The lowest BCUT2D eigenvalue weighted by Crippen LogP contribution is -2.12. The highest BCUT2D eigenvalue weighted by molar-refractivity contribution is 9.10. The van der Waals surface area contributed by atoms with Crippen LogP contribution in [0.25, 0.3) is 0 Å². The summed E-state index contributed by atoms with van der Waals surface area (Å²) in [5.74, 6) is 0. The van der Waals surface area contributed by atoms with E-state index in [9.17, 15) is 26.3 Å². The van der Waals surface area contributed by atoms with Gasteiger partial charge in [-0.25, -0.2) is 0 Å². The minimum Gasteiger partial charge on any atom is -0.397 e. The van der Waals surface area contributed by atoms with E-state index in [1.165, 1.54) is 0 Å². The Hall–Kier alpha value is -0.570. The number of thioether (sulfide) groups is 1. The van der Waals surface area contributed by atoms with Crippen molar-refractivity contribution in [3.63, 3.8) is 0 Å². The summed E-state index contributed by atoms with van der Waals surface area (Å²) in [4.78, 5) is -0.673. The molecule has 9 heteroatoms. The maximum absolute atomic E-state index is 12.5. The molecule has 1 aromatic carbocycles. The Bertz CT molecular complexity index is 427. The number of alkyl halides is 6. The minimum absolute atomic E-state index is 0.394. The van der Waals surface area contributed by atoms with Crippen LogP contribution in [0, 0.1) is 0 Å². The van der Waals surface area contributed by atoms with Gasteiger partial charge in [0.1, 0.15) is 0 Å². The second-order valence-corrected chi connectivity index (χ2v) is 4.84. The summed E-state index contributed by atoms with van der Waals surface area (Å²) >= 11 is 1.93. The van der Waals surface area contributed by atoms with Crippen LogP contribution in [0.3, 0.4) is 0 Å². The van der Waals surface area contributed by atoms with Gasteiger partial charge in [0.15, 0.2) is 0 Å². The molecule has 0 aliphatic rings. The first-order valence-corrected chi connectivity index (χ1v) is 5.54. The normalized spacial score (nSPS) is 12.9. The van der Waals surface area contributed by atoms with Crippen LogP contribution in [0.5, 0.6) is 0 Å². The van der Waals surface area contributed by atoms with Gasteiger partial charge < -0.3 is 5.73 Å². The summed E-state index contributed by atoms with van der Waals surface area (Å²) in [5, 5.41) is 0. The molecule has 0 radical (unpaired) electrons. The van der Waals surface area contributed by atoms with E-state index in [2.05, 4.69) is 15.9 Å². The monoisotopic (exact) mass is 339 g/mol. The Labute approximate surface area is 104 Å². The number of rotatable bonds is 1. The summed E-state index contributed by atoms with van der Waals surface area (Å²) in [6.45, 7) is 0. The Balaban J connectivity index is 3.30. The molecule has 0 fully saturated rings. The van der Waals surface area contributed by atoms with Crippen molar-refractivity contribution in [2.45, 2.75) is 16.6 Å². The summed E-state index contributed by atoms with van der Waals surface area (Å²) < 4.78 is 73.4. The third kappa shape index (κ3) is 3.70. The average molecular weight is 340 g/mol. The summed E-state index contributed by atoms with van der Waals surface area (Å²) in [7, 11) is 0. The predicted octanol–water partition coefficient (Wildman–Crippen LogP) is 4.66. The molecule has 0 spiro atoms. The van der Waals surface area contributed by atoms with Crippen molar-refractivity contribution < 1.29 is 26.3 Å². The lowest BCUT2D eigenvalue weighted by Gasteiger charge is -2.15. The van der Waals surface area contributed by atoms with Crippen LogP contribution in [-0.2, 0) is 6.18 Å². The van der Waals surface area contributed by atoms with Crippen LogP contribution in [0.4, 0.5) is 32.0 Å². The van der Waals surface area contributed by atoms with E-state index in [1.807, 2.05) is 0 Å². The molecule has 96 valence electrons. The van der Waals surface area contributed by atoms with Crippen molar-refractivity contribution in [3.8, 4) is 0 Å². The largest absolute Gasteiger partial charge is 0.446 e. The summed E-state index contributed by atoms with van der Waals surface area (Å²) in [6, 6.07) is 1.76. The molecule has 0 atom stereocenters. The first-order chi connectivity index (χ1) is 7.52. The molecule has 2 N–H and O–H groups in total. The van der Waals surface area contributed by atoms with Crippen molar-refractivity contribution in [3.05, 3.63) is 22.2 Å². The molecule has 0 aromatic heterocycles. The van der Waals surface area contributed by atoms with Crippen molar-refractivity contribution in [1.82, 2.24) is 0 Å². The Morgan fingerprint density at radius 1 is 1.06 bits per heavy atom. The van der Waals surface area contributed by atoms with Crippen LogP contribution in [0.2, 0.25) is 0 Å². The first kappa shape index (κ1) is 14.5. The molecule has 0 aliphatic carbocycles. The van der Waals surface area contributed by atoms with Crippen molar-refractivity contribution in [1.29, 1.82) is 0 Å². The van der Waals surface area contributed by atoms with Crippen LogP contribution in [-0.4, -0.2) is 5.51 Å². The van der Waals surface area contributed by atoms with Gasteiger partial charge in [0.2, 0.25) is 0 Å². The molecular weight excluding hydrogens is 336 g/mol. The molecule has 0 bridgehead atoms. The van der Waals surface area contributed by atoms with Gasteiger partial charge in [-0.3, -0.25) is 0 Å². The fourth-order valence-electron chi connectivity index (χ4n) is 1.08. The maximum atomic E-state index is 12.5. The number of anilines is 1. The molecule has 1 nitrogen and oxygen atoms in total. The molecule has 0 unspecified atom stereocenters. The van der Waals surface area contributed by atoms with Gasteiger partial charge in [0.25, 0.3) is 0 Å². The van der Waals surface area contributed by atoms with Crippen molar-refractivity contribution in [2.75, 3.05) is 5.73 Å². The lowest BCUT2D eigenvalue weighted by molar-refractivity contribution is -0.137. The SMILES string of the molecule is Nc1c(SC(F)(F)F)ccc(Br)c1C(F)(F)F. The standard InChI is InChI=1S/C8H4BrF6NS/c9-3-1-2-4(17-8(13,14)15)6(16)5(3)7(10,11)12/h1-2H,16H2. The second-order valence-electron chi connectivity index (χ2n) is 2.88. The highest BCUT2D eigenvalue weighted by Crippen LogP contribution is 2.46. The number of hydrogen-bond donors (Lipinski definition) is 1. The quantitative estimate of drug-likeness (QED) is 0.457. The van der Waals surface area contributed by atoms with Crippen LogP contribution in [0.15, 0.2) is 21.5 Å². The molecule has 0 saturated carbocycles. The topological polar surface area (TPSA) is 26.0 Å². The van der Waals surface area contributed by atoms with Gasteiger partial charge in [-0.1, -0.05) is 15.9 Å². The molecule has 17 heavy (non-hydrogen) atoms. The Morgan fingerprint density at radius 3 is 2.00 bits per heavy atom. The van der Waals surface area contributed by atoms with E-state index in [0.717, 1.165) is 12.1 Å². The van der Waals surface area contributed by atoms with E-state index in [4.69, 9.17) is 5.73 Å². The van der Waals surface area contributed by atoms with Gasteiger partial charge in [0, 0.05) is 9.37 Å². The van der Waals surface area contributed by atoms with Crippen LogP contribution in [0.1, 0.15) is 5.56 Å². The fourth-order valence-corrected chi connectivity index (χ4v) is 2.24. The van der Waals surface area contributed by atoms with Crippen LogP contribution >= 0.6 is 27.7 Å². The number of nitrogen functional groups attached to an aromatic ring is 1. The molecule has 0 saturated heterocycles. The highest BCUT2D eigenvalue weighted by Gasteiger charge is 2.38. The lowest BCUT2D eigenvalue weighted by atomic mass is 10.2. The van der Waals surface area contributed by atoms with E-state index >= 15 is 0 Å². The van der Waals surface area contributed by atoms with E-state index < -0.39 is 44.1 Å². The summed E-state index contributed by atoms with van der Waals surface area (Å²) in [6.07, 6.45) is -4.81. The summed E-state index contributed by atoms with van der Waals surface area (Å²) in [5.41, 5.74) is -1.82. The van der Waals surface area contributed by atoms with Crippen molar-refractivity contribution >= 4 is 33.4 Å². The highest BCUT2D eigenvalue weighted by atomic mass is 79.9. The number of halogens is 7.